The van der Waals surface area contributed by atoms with Crippen LogP contribution in [0, 0.1) is 0 Å². The molecule has 0 radical (unpaired) electrons. The van der Waals surface area contributed by atoms with Crippen molar-refractivity contribution in [1.82, 2.24) is 19.7 Å². The zero-order valence-electron chi connectivity index (χ0n) is 18.6. The van der Waals surface area contributed by atoms with E-state index in [4.69, 9.17) is 0 Å². The Labute approximate surface area is 192 Å². The number of benzene rings is 1. The zero-order chi connectivity index (χ0) is 22.9. The number of barbiturate groups is 1. The Bertz CT molecular complexity index is 1150. The van der Waals surface area contributed by atoms with Gasteiger partial charge in [-0.25, -0.2) is 4.79 Å². The molecule has 2 saturated heterocycles. The summed E-state index contributed by atoms with van der Waals surface area (Å²) in [4.78, 5) is 54.2. The Morgan fingerprint density at radius 3 is 2.48 bits per heavy atom. The van der Waals surface area contributed by atoms with Gasteiger partial charge in [-0.1, -0.05) is 37.5 Å². The molecule has 3 heterocycles. The first-order valence-electron chi connectivity index (χ1n) is 11.8. The van der Waals surface area contributed by atoms with Crippen molar-refractivity contribution in [2.45, 2.75) is 57.5 Å². The van der Waals surface area contributed by atoms with Gasteiger partial charge in [0, 0.05) is 41.8 Å². The molecular formula is C25H28N4O4. The number of urea groups is 1. The molecule has 1 saturated carbocycles. The summed E-state index contributed by atoms with van der Waals surface area (Å²) in [6.45, 7) is 1.78. The predicted molar refractivity (Wildman–Crippen MR) is 123 cm³/mol. The summed E-state index contributed by atoms with van der Waals surface area (Å²) < 4.78 is 1.87. The molecule has 3 aliphatic rings. The Morgan fingerprint density at radius 2 is 1.73 bits per heavy atom. The maximum atomic E-state index is 13.3. The van der Waals surface area contributed by atoms with Crippen LogP contribution in [-0.4, -0.2) is 57.3 Å². The second-order valence-electron chi connectivity index (χ2n) is 9.10. The molecule has 5 amide bonds. The van der Waals surface area contributed by atoms with E-state index in [9.17, 15) is 19.2 Å². The van der Waals surface area contributed by atoms with Gasteiger partial charge >= 0.3 is 6.03 Å². The van der Waals surface area contributed by atoms with Crippen molar-refractivity contribution in [1.29, 1.82) is 0 Å². The minimum absolute atomic E-state index is 0.0473. The maximum Gasteiger partial charge on any atom is 0.331 e. The van der Waals surface area contributed by atoms with Crippen molar-refractivity contribution in [3.63, 3.8) is 0 Å². The molecule has 1 aromatic carbocycles. The summed E-state index contributed by atoms with van der Waals surface area (Å²) in [7, 11) is 0. The Hall–Kier alpha value is -3.42. The number of nitrogens with zero attached hydrogens (tertiary/aromatic N) is 3. The van der Waals surface area contributed by atoms with Crippen molar-refractivity contribution >= 4 is 40.7 Å². The summed E-state index contributed by atoms with van der Waals surface area (Å²) in [5.41, 5.74) is 1.49. The van der Waals surface area contributed by atoms with E-state index in [1.807, 2.05) is 39.9 Å². The number of nitrogens with one attached hydrogen (secondary N) is 1. The lowest BCUT2D eigenvalue weighted by Crippen LogP contribution is -2.58. The van der Waals surface area contributed by atoms with Gasteiger partial charge in [0.2, 0.25) is 5.91 Å². The van der Waals surface area contributed by atoms with Gasteiger partial charge in [-0.15, -0.1) is 0 Å². The van der Waals surface area contributed by atoms with E-state index >= 15 is 0 Å². The highest BCUT2D eigenvalue weighted by Gasteiger charge is 2.40. The predicted octanol–water partition coefficient (Wildman–Crippen LogP) is 3.06. The molecule has 2 aliphatic heterocycles. The van der Waals surface area contributed by atoms with Crippen molar-refractivity contribution < 1.29 is 19.2 Å². The van der Waals surface area contributed by atoms with E-state index in [0.29, 0.717) is 5.56 Å². The van der Waals surface area contributed by atoms with Gasteiger partial charge in [-0.05, 0) is 37.8 Å². The standard InChI is InChI=1S/C25H28N4O4/c30-22(27-12-6-7-13-27)16-28-15-17(19-10-4-5-11-21(19)28)14-20-23(31)26-25(33)29(24(20)32)18-8-2-1-3-9-18/h4-5,10-11,14-15,18H,1-3,6-9,12-13,16H2,(H,26,31,33). The van der Waals surface area contributed by atoms with Crippen molar-refractivity contribution in [3.05, 3.63) is 41.6 Å². The molecule has 0 atom stereocenters. The first-order chi connectivity index (χ1) is 16.0. The molecule has 1 aliphatic carbocycles. The molecule has 8 heteroatoms. The van der Waals surface area contributed by atoms with E-state index in [1.165, 1.54) is 4.90 Å². The molecule has 33 heavy (non-hydrogen) atoms. The number of amides is 5. The average Bonchev–Trinajstić information content (AvgIpc) is 3.46. The molecule has 0 spiro atoms. The van der Waals surface area contributed by atoms with Crippen LogP contribution in [0.25, 0.3) is 17.0 Å². The third-order valence-electron chi connectivity index (χ3n) is 6.96. The van der Waals surface area contributed by atoms with Crippen LogP contribution in [0.4, 0.5) is 4.79 Å². The zero-order valence-corrected chi connectivity index (χ0v) is 18.6. The van der Waals surface area contributed by atoms with Gasteiger partial charge in [0.15, 0.2) is 0 Å². The molecule has 3 fully saturated rings. The van der Waals surface area contributed by atoms with Crippen LogP contribution < -0.4 is 5.32 Å². The van der Waals surface area contributed by atoms with Crippen LogP contribution in [0.1, 0.15) is 50.5 Å². The monoisotopic (exact) mass is 448 g/mol. The molecule has 1 aromatic heterocycles. The maximum absolute atomic E-state index is 13.3. The second-order valence-corrected chi connectivity index (χ2v) is 9.10. The summed E-state index contributed by atoms with van der Waals surface area (Å²) in [6.07, 6.45) is 9.98. The minimum atomic E-state index is -0.679. The van der Waals surface area contributed by atoms with Gasteiger partial charge in [0.25, 0.3) is 11.8 Å². The highest BCUT2D eigenvalue weighted by Crippen LogP contribution is 2.28. The van der Waals surface area contributed by atoms with Crippen LogP contribution >= 0.6 is 0 Å². The minimum Gasteiger partial charge on any atom is -0.341 e. The number of hydrogen-bond acceptors (Lipinski definition) is 4. The number of para-hydroxylation sites is 1. The molecular weight excluding hydrogens is 420 g/mol. The topological polar surface area (TPSA) is 91.7 Å². The Balaban J connectivity index is 1.48. The number of likely N-dealkylation sites (tertiary alicyclic amines) is 1. The van der Waals surface area contributed by atoms with Crippen LogP contribution in [0.5, 0.6) is 0 Å². The summed E-state index contributed by atoms with van der Waals surface area (Å²) in [5, 5.41) is 3.19. The van der Waals surface area contributed by atoms with E-state index in [2.05, 4.69) is 5.32 Å². The molecule has 172 valence electrons. The Morgan fingerprint density at radius 1 is 1.00 bits per heavy atom. The van der Waals surface area contributed by atoms with Crippen LogP contribution in [-0.2, 0) is 20.9 Å². The molecule has 1 N–H and O–H groups in total. The highest BCUT2D eigenvalue weighted by molar-refractivity contribution is 6.31. The van der Waals surface area contributed by atoms with Crippen molar-refractivity contribution in [2.24, 2.45) is 0 Å². The smallest absolute Gasteiger partial charge is 0.331 e. The third-order valence-corrected chi connectivity index (χ3v) is 6.96. The lowest BCUT2D eigenvalue weighted by Gasteiger charge is -2.35. The quantitative estimate of drug-likeness (QED) is 0.575. The van der Waals surface area contributed by atoms with Crippen LogP contribution in [0.15, 0.2) is 36.0 Å². The van der Waals surface area contributed by atoms with Crippen molar-refractivity contribution in [2.75, 3.05) is 13.1 Å². The van der Waals surface area contributed by atoms with Gasteiger partial charge in [-0.3, -0.25) is 24.6 Å². The number of hydrogen-bond donors (Lipinski definition) is 1. The first-order valence-corrected chi connectivity index (χ1v) is 11.8. The number of carbonyl (C=O) groups is 4. The second kappa shape index (κ2) is 8.84. The number of rotatable bonds is 4. The number of fused-ring (bicyclic) bond motifs is 1. The van der Waals surface area contributed by atoms with Gasteiger partial charge < -0.3 is 9.47 Å². The number of carbonyl (C=O) groups excluding carboxylic acids is 4. The van der Waals surface area contributed by atoms with Gasteiger partial charge in [0.05, 0.1) is 0 Å². The number of aromatic nitrogens is 1. The van der Waals surface area contributed by atoms with Crippen LogP contribution in [0.2, 0.25) is 0 Å². The first kappa shape index (κ1) is 21.4. The summed E-state index contributed by atoms with van der Waals surface area (Å²) >= 11 is 0. The molecule has 8 nitrogen and oxygen atoms in total. The average molecular weight is 449 g/mol. The normalized spacial score (nSPS) is 21.3. The molecule has 0 bridgehead atoms. The summed E-state index contributed by atoms with van der Waals surface area (Å²) in [5.74, 6) is -1.16. The van der Waals surface area contributed by atoms with Gasteiger partial charge in [0.1, 0.15) is 12.1 Å². The third kappa shape index (κ3) is 4.05. The highest BCUT2D eigenvalue weighted by atomic mass is 16.2. The number of imide groups is 2. The molecule has 5 rings (SSSR count). The summed E-state index contributed by atoms with van der Waals surface area (Å²) in [6, 6.07) is 6.81. The van der Waals surface area contributed by atoms with E-state index in [1.54, 1.807) is 6.08 Å². The largest absolute Gasteiger partial charge is 0.341 e. The molecule has 2 aromatic rings. The van der Waals surface area contributed by atoms with Crippen LogP contribution in [0.3, 0.4) is 0 Å². The fraction of sp³-hybridized carbons (Fsp3) is 0.440. The SMILES string of the molecule is O=C1NC(=O)N(C2CCCCC2)C(=O)C1=Cc1cn(CC(=O)N2CCCC2)c2ccccc12. The van der Waals surface area contributed by atoms with Gasteiger partial charge in [-0.2, -0.15) is 0 Å². The Kier molecular flexibility index (Phi) is 5.74. The molecule has 0 unspecified atom stereocenters. The van der Waals surface area contributed by atoms with Crippen molar-refractivity contribution in [3.8, 4) is 0 Å². The van der Waals surface area contributed by atoms with E-state index in [-0.39, 0.29) is 24.1 Å². The fourth-order valence-corrected chi connectivity index (χ4v) is 5.23. The van der Waals surface area contributed by atoms with E-state index < -0.39 is 17.8 Å². The fourth-order valence-electron chi connectivity index (χ4n) is 5.23. The lowest BCUT2D eigenvalue weighted by atomic mass is 9.93. The lowest BCUT2D eigenvalue weighted by molar-refractivity contribution is -0.132. The van der Waals surface area contributed by atoms with E-state index in [0.717, 1.165) is 68.9 Å².